The van der Waals surface area contributed by atoms with E-state index in [1.807, 2.05) is 6.08 Å². The average molecular weight is 144 g/mol. The monoisotopic (exact) mass is 144 g/mol. The topological polar surface area (TPSA) is 0 Å². The lowest BCUT2D eigenvalue weighted by atomic mass is 9.85. The molecule has 56 valence electrons. The molecular weight excluding hydrogens is 131 g/mol. The van der Waals surface area contributed by atoms with Gasteiger partial charge in [-0.2, -0.15) is 0 Å². The van der Waals surface area contributed by atoms with Crippen LogP contribution in [-0.4, -0.2) is 7.85 Å². The fraction of sp³-hybridized carbons (Fsp3) is 0.200. The van der Waals surface area contributed by atoms with Crippen LogP contribution < -0.4 is 5.46 Å². The van der Waals surface area contributed by atoms with Gasteiger partial charge >= 0.3 is 0 Å². The molecule has 0 bridgehead atoms. The van der Waals surface area contributed by atoms with Gasteiger partial charge in [-0.25, -0.2) is 0 Å². The van der Waals surface area contributed by atoms with Gasteiger partial charge in [0.25, 0.3) is 0 Å². The lowest BCUT2D eigenvalue weighted by Crippen LogP contribution is -2.11. The highest BCUT2D eigenvalue weighted by Gasteiger charge is 1.96. The van der Waals surface area contributed by atoms with Gasteiger partial charge in [0.15, 0.2) is 0 Å². The summed E-state index contributed by atoms with van der Waals surface area (Å²) >= 11 is 0. The predicted molar refractivity (Wildman–Crippen MR) is 54.2 cm³/mol. The quantitative estimate of drug-likeness (QED) is 0.519. The maximum Gasteiger partial charge on any atom is 0.139 e. The minimum atomic E-state index is 1.21. The Morgan fingerprint density at radius 3 is 2.09 bits per heavy atom. The van der Waals surface area contributed by atoms with Crippen LogP contribution >= 0.6 is 0 Å². The molecule has 1 aromatic rings. The molecule has 0 amide bonds. The highest BCUT2D eigenvalue weighted by molar-refractivity contribution is 6.34. The third-order valence-corrected chi connectivity index (χ3v) is 2.19. The minimum absolute atomic E-state index is 1.21. The molecule has 0 spiro atoms. The van der Waals surface area contributed by atoms with E-state index < -0.39 is 0 Å². The molecule has 0 fully saturated rings. The third-order valence-electron chi connectivity index (χ3n) is 2.19. The molecule has 0 N–H and O–H groups in total. The van der Waals surface area contributed by atoms with Crippen molar-refractivity contribution < 1.29 is 0 Å². The molecule has 0 aliphatic rings. The van der Waals surface area contributed by atoms with Gasteiger partial charge in [-0.1, -0.05) is 41.4 Å². The molecule has 0 aromatic heterocycles. The fourth-order valence-corrected chi connectivity index (χ4v) is 1.19. The van der Waals surface area contributed by atoms with E-state index in [1.54, 1.807) is 0 Å². The van der Waals surface area contributed by atoms with Crippen molar-refractivity contribution in [3.05, 3.63) is 35.4 Å². The number of hydrogen-bond acceptors (Lipinski definition) is 0. The Kier molecular flexibility index (Phi) is 2.18. The van der Waals surface area contributed by atoms with Gasteiger partial charge in [0.05, 0.1) is 0 Å². The standard InChI is InChI=1S/C10H13B/c1-4-9-5-7(2)10(11)8(3)6-9/h4-6H,1,11H2,2-3H3. The van der Waals surface area contributed by atoms with Crippen molar-refractivity contribution in [3.8, 4) is 0 Å². The van der Waals surface area contributed by atoms with Crippen LogP contribution in [0.1, 0.15) is 16.7 Å². The van der Waals surface area contributed by atoms with Crippen LogP contribution in [0.4, 0.5) is 0 Å². The van der Waals surface area contributed by atoms with Gasteiger partial charge in [-0.05, 0) is 19.4 Å². The first-order valence-corrected chi connectivity index (χ1v) is 3.85. The van der Waals surface area contributed by atoms with Crippen molar-refractivity contribution in [1.29, 1.82) is 0 Å². The predicted octanol–water partition coefficient (Wildman–Crippen LogP) is 1.20. The van der Waals surface area contributed by atoms with Crippen LogP contribution in [-0.2, 0) is 0 Å². The van der Waals surface area contributed by atoms with E-state index in [0.29, 0.717) is 0 Å². The summed E-state index contributed by atoms with van der Waals surface area (Å²) in [6.07, 6.45) is 1.89. The van der Waals surface area contributed by atoms with E-state index in [4.69, 9.17) is 0 Å². The second kappa shape index (κ2) is 2.95. The van der Waals surface area contributed by atoms with Crippen molar-refractivity contribution in [3.63, 3.8) is 0 Å². The van der Waals surface area contributed by atoms with Crippen LogP contribution in [0.25, 0.3) is 6.08 Å². The fourth-order valence-electron chi connectivity index (χ4n) is 1.19. The van der Waals surface area contributed by atoms with Crippen molar-refractivity contribution in [2.24, 2.45) is 0 Å². The van der Waals surface area contributed by atoms with Crippen LogP contribution in [0.2, 0.25) is 0 Å². The van der Waals surface area contributed by atoms with Gasteiger partial charge in [-0.3, -0.25) is 0 Å². The number of benzene rings is 1. The lowest BCUT2D eigenvalue weighted by molar-refractivity contribution is 1.42. The molecule has 0 unspecified atom stereocenters. The van der Waals surface area contributed by atoms with Gasteiger partial charge in [-0.15, -0.1) is 0 Å². The van der Waals surface area contributed by atoms with Crippen LogP contribution in [0.5, 0.6) is 0 Å². The molecule has 0 aliphatic heterocycles. The summed E-state index contributed by atoms with van der Waals surface area (Å²) < 4.78 is 0. The van der Waals surface area contributed by atoms with Gasteiger partial charge in [0.1, 0.15) is 7.85 Å². The normalized spacial score (nSPS) is 9.64. The van der Waals surface area contributed by atoms with Crippen molar-refractivity contribution in [2.75, 3.05) is 0 Å². The summed E-state index contributed by atoms with van der Waals surface area (Å²) in [5.74, 6) is 0. The second-order valence-electron chi connectivity index (χ2n) is 2.98. The Labute approximate surface area is 69.4 Å². The Morgan fingerprint density at radius 2 is 1.73 bits per heavy atom. The zero-order chi connectivity index (χ0) is 8.43. The highest BCUT2D eigenvalue weighted by Crippen LogP contribution is 2.06. The van der Waals surface area contributed by atoms with Crippen molar-refractivity contribution in [2.45, 2.75) is 13.8 Å². The molecule has 1 heteroatoms. The molecule has 0 radical (unpaired) electrons. The smallest absolute Gasteiger partial charge is 0.0985 e. The van der Waals surface area contributed by atoms with Crippen LogP contribution in [0, 0.1) is 13.8 Å². The Bertz CT molecular complexity index is 264. The maximum atomic E-state index is 3.74. The van der Waals surface area contributed by atoms with E-state index in [-0.39, 0.29) is 0 Å². The summed E-state index contributed by atoms with van der Waals surface area (Å²) in [7, 11) is 2.15. The Morgan fingerprint density at radius 1 is 1.27 bits per heavy atom. The van der Waals surface area contributed by atoms with E-state index in [9.17, 15) is 0 Å². The zero-order valence-electron chi connectivity index (χ0n) is 7.44. The first-order chi connectivity index (χ1) is 5.15. The molecule has 0 aliphatic carbocycles. The minimum Gasteiger partial charge on any atom is -0.0985 e. The molecule has 0 nitrogen and oxygen atoms in total. The first kappa shape index (κ1) is 8.12. The van der Waals surface area contributed by atoms with Gasteiger partial charge in [0.2, 0.25) is 0 Å². The SMILES string of the molecule is Bc1c(C)cc(C=C)cc1C. The van der Waals surface area contributed by atoms with E-state index in [1.165, 1.54) is 22.2 Å². The summed E-state index contributed by atoms with van der Waals surface area (Å²) in [6, 6.07) is 4.32. The largest absolute Gasteiger partial charge is 0.139 e. The number of aryl methyl sites for hydroxylation is 2. The summed E-state index contributed by atoms with van der Waals surface area (Å²) in [6.45, 7) is 8.01. The molecule has 0 heterocycles. The first-order valence-electron chi connectivity index (χ1n) is 3.85. The molecule has 1 aromatic carbocycles. The van der Waals surface area contributed by atoms with Crippen LogP contribution in [0.3, 0.4) is 0 Å². The van der Waals surface area contributed by atoms with Gasteiger partial charge in [0, 0.05) is 0 Å². The van der Waals surface area contributed by atoms with E-state index in [2.05, 4.69) is 40.4 Å². The maximum absolute atomic E-state index is 3.74. The summed E-state index contributed by atoms with van der Waals surface area (Å²) in [4.78, 5) is 0. The zero-order valence-corrected chi connectivity index (χ0v) is 7.44. The van der Waals surface area contributed by atoms with Crippen LogP contribution in [0.15, 0.2) is 18.7 Å². The second-order valence-corrected chi connectivity index (χ2v) is 2.98. The lowest BCUT2D eigenvalue weighted by Gasteiger charge is -2.05. The molecule has 1 rings (SSSR count). The molecule has 0 saturated heterocycles. The Hall–Kier alpha value is -0.975. The summed E-state index contributed by atoms with van der Waals surface area (Å²) in [5.41, 5.74) is 5.29. The molecular formula is C10H13B. The highest BCUT2D eigenvalue weighted by atomic mass is 14.0. The van der Waals surface area contributed by atoms with Crippen molar-refractivity contribution >= 4 is 19.4 Å². The van der Waals surface area contributed by atoms with E-state index in [0.717, 1.165) is 0 Å². The Balaban J connectivity index is 3.31. The number of rotatable bonds is 1. The van der Waals surface area contributed by atoms with Crippen molar-refractivity contribution in [1.82, 2.24) is 0 Å². The third kappa shape index (κ3) is 1.54. The molecule has 11 heavy (non-hydrogen) atoms. The summed E-state index contributed by atoms with van der Waals surface area (Å²) in [5, 5.41) is 0. The number of hydrogen-bond donors (Lipinski definition) is 0. The van der Waals surface area contributed by atoms with Gasteiger partial charge < -0.3 is 0 Å². The molecule has 0 atom stereocenters. The van der Waals surface area contributed by atoms with E-state index >= 15 is 0 Å². The molecule has 0 saturated carbocycles. The average Bonchev–Trinajstić information content (AvgIpc) is 1.99.